The van der Waals surface area contributed by atoms with Crippen LogP contribution in [0.2, 0.25) is 0 Å². The summed E-state index contributed by atoms with van der Waals surface area (Å²) in [4.78, 5) is 23.1. The summed E-state index contributed by atoms with van der Waals surface area (Å²) in [6, 6.07) is 14.3. The van der Waals surface area contributed by atoms with Crippen molar-refractivity contribution >= 4 is 11.6 Å². The van der Waals surface area contributed by atoms with Crippen LogP contribution in [-0.4, -0.2) is 20.6 Å². The van der Waals surface area contributed by atoms with Gasteiger partial charge < -0.3 is 14.2 Å². The molecule has 0 saturated heterocycles. The second-order valence-corrected chi connectivity index (χ2v) is 5.84. The summed E-state index contributed by atoms with van der Waals surface area (Å²) < 4.78 is 12.0. The van der Waals surface area contributed by atoms with Crippen LogP contribution in [0.25, 0.3) is 17.1 Å². The molecule has 0 aliphatic heterocycles. The van der Waals surface area contributed by atoms with Crippen molar-refractivity contribution in [2.24, 2.45) is 0 Å². The minimum absolute atomic E-state index is 0.0500. The van der Waals surface area contributed by atoms with Crippen molar-refractivity contribution in [2.45, 2.75) is 6.54 Å². The first kappa shape index (κ1) is 17.3. The number of hydrogen-bond donors (Lipinski definition) is 1. The van der Waals surface area contributed by atoms with Gasteiger partial charge in [0.1, 0.15) is 17.1 Å². The molecule has 3 aromatic heterocycles. The van der Waals surface area contributed by atoms with Gasteiger partial charge in [-0.3, -0.25) is 14.9 Å². The fourth-order valence-corrected chi connectivity index (χ4v) is 2.67. The molecular weight excluding hydrogens is 364 g/mol. The Hall–Kier alpha value is -4.14. The van der Waals surface area contributed by atoms with E-state index in [4.69, 9.17) is 8.83 Å². The quantitative estimate of drug-likeness (QED) is 0.405. The van der Waals surface area contributed by atoms with E-state index in [1.165, 1.54) is 41.5 Å². The van der Waals surface area contributed by atoms with Crippen molar-refractivity contribution in [3.05, 3.63) is 88.7 Å². The highest BCUT2D eigenvalue weighted by Crippen LogP contribution is 2.23. The summed E-state index contributed by atoms with van der Waals surface area (Å²) in [5.41, 5.74) is 1.18. The van der Waals surface area contributed by atoms with Gasteiger partial charge in [-0.25, -0.2) is 4.68 Å². The fourth-order valence-electron chi connectivity index (χ4n) is 2.67. The highest BCUT2D eigenvalue weighted by Gasteiger charge is 2.19. The van der Waals surface area contributed by atoms with Gasteiger partial charge in [-0.1, -0.05) is 0 Å². The fraction of sp³-hybridized carbons (Fsp3) is 0.0526. The number of nitrogens with zero attached hydrogens (tertiary/aromatic N) is 3. The largest absolute Gasteiger partial charge is 0.467 e. The number of furan rings is 2. The molecule has 0 radical (unpaired) electrons. The lowest BCUT2D eigenvalue weighted by Crippen LogP contribution is -2.25. The van der Waals surface area contributed by atoms with E-state index in [0.29, 0.717) is 22.9 Å². The van der Waals surface area contributed by atoms with Crippen LogP contribution in [-0.2, 0) is 6.54 Å². The predicted molar refractivity (Wildman–Crippen MR) is 97.8 cm³/mol. The SMILES string of the molecule is O=C(NCc1ccco1)c1cc(-c2ccco2)nn1-c1ccc([N+](=O)[O-])cc1. The van der Waals surface area contributed by atoms with Gasteiger partial charge in [0.25, 0.3) is 11.6 Å². The number of non-ortho nitro benzene ring substituents is 1. The Morgan fingerprint density at radius 3 is 2.50 bits per heavy atom. The Kier molecular flexibility index (Phi) is 4.47. The van der Waals surface area contributed by atoms with E-state index >= 15 is 0 Å². The number of rotatable bonds is 6. The van der Waals surface area contributed by atoms with E-state index in [0.717, 1.165) is 0 Å². The molecule has 0 aliphatic rings. The highest BCUT2D eigenvalue weighted by atomic mass is 16.6. The molecule has 0 unspecified atom stereocenters. The number of nitro benzene ring substituents is 1. The third-order valence-electron chi connectivity index (χ3n) is 4.02. The van der Waals surface area contributed by atoms with Gasteiger partial charge in [-0.05, 0) is 36.4 Å². The minimum atomic E-state index is -0.488. The van der Waals surface area contributed by atoms with Crippen molar-refractivity contribution in [2.75, 3.05) is 0 Å². The van der Waals surface area contributed by atoms with Gasteiger partial charge in [-0.2, -0.15) is 5.10 Å². The summed E-state index contributed by atoms with van der Waals surface area (Å²) in [7, 11) is 0. The Bertz CT molecular complexity index is 1100. The molecule has 0 spiro atoms. The zero-order valence-corrected chi connectivity index (χ0v) is 14.4. The normalized spacial score (nSPS) is 10.7. The number of benzene rings is 1. The lowest BCUT2D eigenvalue weighted by Gasteiger charge is -2.07. The van der Waals surface area contributed by atoms with E-state index in [2.05, 4.69) is 10.4 Å². The van der Waals surface area contributed by atoms with E-state index in [-0.39, 0.29) is 23.8 Å². The Labute approximate surface area is 158 Å². The predicted octanol–water partition coefficient (Wildman–Crippen LogP) is 3.56. The van der Waals surface area contributed by atoms with Crippen molar-refractivity contribution in [3.8, 4) is 17.1 Å². The van der Waals surface area contributed by atoms with E-state index < -0.39 is 4.92 Å². The average molecular weight is 378 g/mol. The lowest BCUT2D eigenvalue weighted by molar-refractivity contribution is -0.384. The molecular formula is C19H14N4O5. The maximum Gasteiger partial charge on any atom is 0.270 e. The maximum absolute atomic E-state index is 12.7. The van der Waals surface area contributed by atoms with E-state index in [1.54, 1.807) is 30.3 Å². The molecule has 9 heteroatoms. The van der Waals surface area contributed by atoms with Crippen LogP contribution in [0.15, 0.2) is 76.0 Å². The maximum atomic E-state index is 12.7. The third-order valence-corrected chi connectivity index (χ3v) is 4.02. The molecule has 1 amide bonds. The van der Waals surface area contributed by atoms with Crippen LogP contribution in [0.1, 0.15) is 16.2 Å². The molecule has 9 nitrogen and oxygen atoms in total. The summed E-state index contributed by atoms with van der Waals surface area (Å²) in [6.07, 6.45) is 3.04. The van der Waals surface area contributed by atoms with Crippen LogP contribution in [0.3, 0.4) is 0 Å². The molecule has 4 aromatic rings. The monoisotopic (exact) mass is 378 g/mol. The van der Waals surface area contributed by atoms with Gasteiger partial charge in [0.05, 0.1) is 29.7 Å². The second-order valence-electron chi connectivity index (χ2n) is 5.84. The highest BCUT2D eigenvalue weighted by molar-refractivity contribution is 5.94. The summed E-state index contributed by atoms with van der Waals surface area (Å²) in [6.45, 7) is 0.216. The molecule has 0 saturated carbocycles. The Balaban J connectivity index is 1.69. The molecule has 0 bridgehead atoms. The summed E-state index contributed by atoms with van der Waals surface area (Å²) in [5, 5.41) is 18.1. The van der Waals surface area contributed by atoms with Crippen LogP contribution >= 0.6 is 0 Å². The number of nitrogens with one attached hydrogen (secondary N) is 1. The standard InChI is InChI=1S/C19H14N4O5/c24-19(20-12-15-3-1-9-27-15)17-11-16(18-4-2-10-28-18)21-22(17)13-5-7-14(8-6-13)23(25)26/h1-11H,12H2,(H,20,24). The van der Waals surface area contributed by atoms with E-state index in [9.17, 15) is 14.9 Å². The van der Waals surface area contributed by atoms with Gasteiger partial charge in [0.2, 0.25) is 0 Å². The van der Waals surface area contributed by atoms with Crippen molar-refractivity contribution in [1.82, 2.24) is 15.1 Å². The molecule has 1 aromatic carbocycles. The number of carbonyl (C=O) groups is 1. The van der Waals surface area contributed by atoms with Crippen LogP contribution in [0, 0.1) is 10.1 Å². The first-order valence-electron chi connectivity index (χ1n) is 8.31. The summed E-state index contributed by atoms with van der Waals surface area (Å²) in [5.74, 6) is 0.738. The number of aromatic nitrogens is 2. The zero-order chi connectivity index (χ0) is 19.5. The molecule has 1 N–H and O–H groups in total. The third kappa shape index (κ3) is 3.40. The number of hydrogen-bond acceptors (Lipinski definition) is 6. The molecule has 0 atom stereocenters. The number of amides is 1. The molecule has 28 heavy (non-hydrogen) atoms. The van der Waals surface area contributed by atoms with Crippen molar-refractivity contribution in [3.63, 3.8) is 0 Å². The number of nitro groups is 1. The van der Waals surface area contributed by atoms with E-state index in [1.807, 2.05) is 0 Å². The van der Waals surface area contributed by atoms with Crippen LogP contribution in [0.5, 0.6) is 0 Å². The second kappa shape index (κ2) is 7.23. The smallest absolute Gasteiger partial charge is 0.270 e. The molecule has 3 heterocycles. The zero-order valence-electron chi connectivity index (χ0n) is 14.4. The lowest BCUT2D eigenvalue weighted by atomic mass is 10.2. The van der Waals surface area contributed by atoms with Crippen LogP contribution < -0.4 is 5.32 Å². The summed E-state index contributed by atoms with van der Waals surface area (Å²) >= 11 is 0. The first-order chi connectivity index (χ1) is 13.6. The van der Waals surface area contributed by atoms with Gasteiger partial charge in [0, 0.05) is 18.2 Å². The minimum Gasteiger partial charge on any atom is -0.467 e. The van der Waals surface area contributed by atoms with Gasteiger partial charge >= 0.3 is 0 Å². The van der Waals surface area contributed by atoms with Crippen molar-refractivity contribution < 1.29 is 18.6 Å². The number of carbonyl (C=O) groups excluding carboxylic acids is 1. The first-order valence-corrected chi connectivity index (χ1v) is 8.31. The average Bonchev–Trinajstić information content (AvgIpc) is 3.47. The molecule has 0 fully saturated rings. The molecule has 0 aliphatic carbocycles. The molecule has 4 rings (SSSR count). The van der Waals surface area contributed by atoms with Gasteiger partial charge in [0.15, 0.2) is 5.76 Å². The Morgan fingerprint density at radius 2 is 1.86 bits per heavy atom. The van der Waals surface area contributed by atoms with Crippen LogP contribution in [0.4, 0.5) is 5.69 Å². The van der Waals surface area contributed by atoms with Gasteiger partial charge in [-0.15, -0.1) is 0 Å². The molecule has 140 valence electrons. The van der Waals surface area contributed by atoms with Crippen molar-refractivity contribution in [1.29, 1.82) is 0 Å². The Morgan fingerprint density at radius 1 is 1.11 bits per heavy atom. The topological polar surface area (TPSA) is 116 Å².